The summed E-state index contributed by atoms with van der Waals surface area (Å²) in [6.45, 7) is 4.74. The number of anilines is 3. The van der Waals surface area contributed by atoms with Crippen molar-refractivity contribution in [2.45, 2.75) is 19.3 Å². The highest BCUT2D eigenvalue weighted by Crippen LogP contribution is 2.52. The van der Waals surface area contributed by atoms with Crippen molar-refractivity contribution in [2.75, 3.05) is 4.90 Å². The van der Waals surface area contributed by atoms with Gasteiger partial charge in [-0.15, -0.1) is 0 Å². The van der Waals surface area contributed by atoms with Gasteiger partial charge in [0.05, 0.1) is 0 Å². The van der Waals surface area contributed by atoms with Crippen molar-refractivity contribution >= 4 is 39.0 Å². The van der Waals surface area contributed by atoms with Crippen LogP contribution in [0.4, 0.5) is 17.1 Å². The van der Waals surface area contributed by atoms with Crippen LogP contribution in [0.2, 0.25) is 0 Å². The molecule has 0 atom stereocenters. The largest absolute Gasteiger partial charge is 0.456 e. The fourth-order valence-corrected chi connectivity index (χ4v) is 10.1. The van der Waals surface area contributed by atoms with E-state index in [2.05, 4.69) is 243 Å². The van der Waals surface area contributed by atoms with Crippen molar-refractivity contribution in [1.82, 2.24) is 0 Å². The third-order valence-electron chi connectivity index (χ3n) is 13.5. The van der Waals surface area contributed by atoms with Gasteiger partial charge in [0.2, 0.25) is 0 Å². The van der Waals surface area contributed by atoms with Crippen LogP contribution in [0.15, 0.2) is 241 Å². The monoisotopic (exact) mass is 831 g/mol. The number of rotatable bonds is 8. The molecule has 0 saturated carbocycles. The summed E-state index contributed by atoms with van der Waals surface area (Å²) in [5.74, 6) is 0. The molecule has 0 radical (unpaired) electrons. The van der Waals surface area contributed by atoms with Crippen LogP contribution in [0, 0.1) is 0 Å². The van der Waals surface area contributed by atoms with Crippen LogP contribution in [0.5, 0.6) is 0 Å². The van der Waals surface area contributed by atoms with Crippen molar-refractivity contribution in [3.63, 3.8) is 0 Å². The van der Waals surface area contributed by atoms with E-state index < -0.39 is 0 Å². The van der Waals surface area contributed by atoms with Crippen LogP contribution in [-0.4, -0.2) is 0 Å². The minimum Gasteiger partial charge on any atom is -0.456 e. The predicted molar refractivity (Wildman–Crippen MR) is 273 cm³/mol. The molecule has 10 aromatic carbocycles. The zero-order chi connectivity index (χ0) is 43.5. The van der Waals surface area contributed by atoms with Gasteiger partial charge in [-0.05, 0) is 139 Å². The maximum atomic E-state index is 6.21. The maximum Gasteiger partial charge on any atom is 0.136 e. The molecule has 0 unspecified atom stereocenters. The van der Waals surface area contributed by atoms with Gasteiger partial charge < -0.3 is 9.32 Å². The number of para-hydroxylation sites is 1. The first-order valence-corrected chi connectivity index (χ1v) is 22.5. The summed E-state index contributed by atoms with van der Waals surface area (Å²) in [6, 6.07) is 85.8. The highest BCUT2D eigenvalue weighted by atomic mass is 16.3. The summed E-state index contributed by atoms with van der Waals surface area (Å²) in [5, 5.41) is 2.29. The van der Waals surface area contributed by atoms with Crippen molar-refractivity contribution in [3.8, 4) is 66.8 Å². The van der Waals surface area contributed by atoms with E-state index in [0.29, 0.717) is 0 Å². The average Bonchev–Trinajstić information content (AvgIpc) is 3.85. The lowest BCUT2D eigenvalue weighted by atomic mass is 9.81. The van der Waals surface area contributed by atoms with E-state index in [1.54, 1.807) is 0 Å². The van der Waals surface area contributed by atoms with Gasteiger partial charge in [0, 0.05) is 33.2 Å². The van der Waals surface area contributed by atoms with Crippen LogP contribution in [0.1, 0.15) is 25.0 Å². The van der Waals surface area contributed by atoms with E-state index in [4.69, 9.17) is 4.42 Å². The Balaban J connectivity index is 0.902. The topological polar surface area (TPSA) is 16.4 Å². The maximum absolute atomic E-state index is 6.21. The molecule has 11 aromatic rings. The molecule has 0 saturated heterocycles. The van der Waals surface area contributed by atoms with E-state index >= 15 is 0 Å². The van der Waals surface area contributed by atoms with E-state index in [0.717, 1.165) is 50.1 Å². The Labute approximate surface area is 380 Å². The molecule has 0 amide bonds. The minimum atomic E-state index is -0.185. The average molecular weight is 832 g/mol. The van der Waals surface area contributed by atoms with Gasteiger partial charge in [-0.3, -0.25) is 0 Å². The lowest BCUT2D eigenvalue weighted by molar-refractivity contribution is 0.660. The zero-order valence-electron chi connectivity index (χ0n) is 36.4. The Bertz CT molecular complexity index is 3530. The third kappa shape index (κ3) is 6.74. The van der Waals surface area contributed by atoms with Crippen LogP contribution >= 0.6 is 0 Å². The predicted octanol–water partition coefficient (Wildman–Crippen LogP) is 17.7. The summed E-state index contributed by atoms with van der Waals surface area (Å²) >= 11 is 0. The molecule has 1 aliphatic rings. The lowest BCUT2D eigenvalue weighted by Gasteiger charge is -2.28. The fraction of sp³-hybridized carbons (Fsp3) is 0.0476. The van der Waals surface area contributed by atoms with Gasteiger partial charge in [-0.2, -0.15) is 0 Å². The minimum absolute atomic E-state index is 0.185. The molecule has 12 rings (SSSR count). The molecule has 0 spiro atoms. The number of hydrogen-bond acceptors (Lipinski definition) is 2. The third-order valence-corrected chi connectivity index (χ3v) is 13.5. The Hall–Kier alpha value is -8.20. The molecule has 1 aromatic heterocycles. The Morgan fingerprint density at radius 1 is 0.292 bits per heavy atom. The molecule has 2 nitrogen and oxygen atoms in total. The van der Waals surface area contributed by atoms with Crippen LogP contribution < -0.4 is 4.90 Å². The van der Waals surface area contributed by atoms with E-state index in [9.17, 15) is 0 Å². The summed E-state index contributed by atoms with van der Waals surface area (Å²) < 4.78 is 6.21. The second-order valence-electron chi connectivity index (χ2n) is 17.7. The van der Waals surface area contributed by atoms with Gasteiger partial charge >= 0.3 is 0 Å². The molecule has 308 valence electrons. The molecular weight excluding hydrogens is 787 g/mol. The Morgan fingerprint density at radius 2 is 0.708 bits per heavy atom. The van der Waals surface area contributed by atoms with Crippen molar-refractivity contribution in [1.29, 1.82) is 0 Å². The van der Waals surface area contributed by atoms with Crippen molar-refractivity contribution in [3.05, 3.63) is 248 Å². The summed E-state index contributed by atoms with van der Waals surface area (Å²) in [4.78, 5) is 2.41. The van der Waals surface area contributed by atoms with Gasteiger partial charge in [-0.25, -0.2) is 0 Å². The van der Waals surface area contributed by atoms with Crippen LogP contribution in [0.25, 0.3) is 88.7 Å². The second kappa shape index (κ2) is 15.6. The quantitative estimate of drug-likeness (QED) is 0.152. The summed E-state index contributed by atoms with van der Waals surface area (Å²) in [7, 11) is 0. The van der Waals surface area contributed by atoms with Crippen LogP contribution in [-0.2, 0) is 5.41 Å². The van der Waals surface area contributed by atoms with Gasteiger partial charge in [0.25, 0.3) is 0 Å². The molecule has 0 fully saturated rings. The normalized spacial score (nSPS) is 12.6. The smallest absolute Gasteiger partial charge is 0.136 e. The molecule has 0 aliphatic heterocycles. The SMILES string of the molecule is CC1(C)c2cc(-c3ccccc3)ccc2-c2ccc(N(c3ccc(-c4ccc(-c5ccc6c(c5)oc5ccccc56)cc4)cc3)c3ccc(-c4ccccc4-c4ccccc4)cc3)cc21. The van der Waals surface area contributed by atoms with E-state index in [-0.39, 0.29) is 5.41 Å². The molecule has 65 heavy (non-hydrogen) atoms. The molecular formula is C63H45NO. The second-order valence-corrected chi connectivity index (χ2v) is 17.7. The standard InChI is InChI=1S/C63H45NO/c1-63(2)59-39-48(42-13-5-3-6-14-42)29-36-55(59)56-38-35-52(41-60(56)63)64(51-33-27-47(28-34-51)54-18-10-9-17-53(54)46-15-7-4-8-16-46)50-31-25-44(26-32-50)43-21-23-45(24-22-43)49-30-37-58-57-19-11-12-20-61(57)65-62(58)40-49/h3-41H,1-2H3. The van der Waals surface area contributed by atoms with Crippen molar-refractivity contribution < 1.29 is 4.42 Å². The van der Waals surface area contributed by atoms with E-state index in [1.165, 1.54) is 66.8 Å². The first-order chi connectivity index (χ1) is 32.0. The first-order valence-electron chi connectivity index (χ1n) is 22.5. The van der Waals surface area contributed by atoms with E-state index in [1.807, 2.05) is 12.1 Å². The number of hydrogen-bond donors (Lipinski definition) is 0. The molecule has 0 N–H and O–H groups in total. The first kappa shape index (κ1) is 38.5. The van der Waals surface area contributed by atoms with Gasteiger partial charge in [0.1, 0.15) is 11.2 Å². The van der Waals surface area contributed by atoms with Crippen LogP contribution in [0.3, 0.4) is 0 Å². The molecule has 2 heteroatoms. The zero-order valence-corrected chi connectivity index (χ0v) is 36.4. The highest BCUT2D eigenvalue weighted by Gasteiger charge is 2.36. The highest BCUT2D eigenvalue weighted by molar-refractivity contribution is 6.06. The Morgan fingerprint density at radius 3 is 1.37 bits per heavy atom. The number of benzene rings is 10. The Kier molecular flexibility index (Phi) is 9.21. The molecule has 0 bridgehead atoms. The van der Waals surface area contributed by atoms with Gasteiger partial charge in [-0.1, -0.05) is 190 Å². The summed E-state index contributed by atoms with van der Waals surface area (Å²) in [6.07, 6.45) is 0. The molecule has 1 heterocycles. The molecule has 1 aliphatic carbocycles. The fourth-order valence-electron chi connectivity index (χ4n) is 10.1. The number of furan rings is 1. The van der Waals surface area contributed by atoms with Crippen molar-refractivity contribution in [2.24, 2.45) is 0 Å². The number of fused-ring (bicyclic) bond motifs is 6. The van der Waals surface area contributed by atoms with Gasteiger partial charge in [0.15, 0.2) is 0 Å². The number of nitrogens with zero attached hydrogens (tertiary/aromatic N) is 1. The summed E-state index contributed by atoms with van der Waals surface area (Å²) in [5.41, 5.74) is 22.3. The lowest BCUT2D eigenvalue weighted by Crippen LogP contribution is -2.16.